The molecular formula is C27H60ClNO3Si. The van der Waals surface area contributed by atoms with Gasteiger partial charge in [-0.25, -0.2) is 0 Å². The first-order valence-electron chi connectivity index (χ1n) is 13.9. The fraction of sp³-hybridized carbons (Fsp3) is 1.00. The molecule has 202 valence electrons. The molecule has 0 aromatic carbocycles. The number of unbranched alkanes of at least 4 members (excludes halogenated alkanes) is 14. The molecule has 2 N–H and O–H groups in total. The second-order valence-corrected chi connectivity index (χ2v) is 13.0. The molecule has 0 bridgehead atoms. The van der Waals surface area contributed by atoms with Crippen molar-refractivity contribution in [1.82, 2.24) is 0 Å². The van der Waals surface area contributed by atoms with Crippen molar-refractivity contribution in [2.75, 3.05) is 21.3 Å². The second kappa shape index (κ2) is 22.8. The SMILES string of the molecule is CCCCCCCCCCC(N)(CCCCCCCCCC)C(CC)[Si](OC)(OC)OC.Cl. The van der Waals surface area contributed by atoms with E-state index in [1.165, 1.54) is 103 Å². The van der Waals surface area contributed by atoms with Crippen LogP contribution in [0, 0.1) is 0 Å². The first-order chi connectivity index (χ1) is 15.5. The predicted molar refractivity (Wildman–Crippen MR) is 149 cm³/mol. The van der Waals surface area contributed by atoms with Gasteiger partial charge in [-0.15, -0.1) is 12.4 Å². The van der Waals surface area contributed by atoms with Gasteiger partial charge < -0.3 is 19.0 Å². The van der Waals surface area contributed by atoms with Crippen LogP contribution in [0.1, 0.15) is 143 Å². The number of rotatable bonds is 24. The van der Waals surface area contributed by atoms with Crippen molar-refractivity contribution in [2.45, 2.75) is 154 Å². The van der Waals surface area contributed by atoms with E-state index in [1.54, 1.807) is 21.3 Å². The summed E-state index contributed by atoms with van der Waals surface area (Å²) in [4.78, 5) is 0. The number of hydrogen-bond acceptors (Lipinski definition) is 4. The van der Waals surface area contributed by atoms with Crippen LogP contribution in [0.15, 0.2) is 0 Å². The van der Waals surface area contributed by atoms with Crippen molar-refractivity contribution >= 4 is 21.2 Å². The Bertz CT molecular complexity index is 383. The molecular weight excluding hydrogens is 450 g/mol. The summed E-state index contributed by atoms with van der Waals surface area (Å²) in [6.45, 7) is 6.77. The van der Waals surface area contributed by atoms with Crippen LogP contribution in [0.5, 0.6) is 0 Å². The molecule has 0 fully saturated rings. The molecule has 6 heteroatoms. The third kappa shape index (κ3) is 14.5. The first kappa shape index (κ1) is 35.5. The van der Waals surface area contributed by atoms with Crippen LogP contribution in [0.25, 0.3) is 0 Å². The van der Waals surface area contributed by atoms with Crippen LogP contribution in [0.3, 0.4) is 0 Å². The van der Waals surface area contributed by atoms with Gasteiger partial charge in [0.25, 0.3) is 0 Å². The van der Waals surface area contributed by atoms with Gasteiger partial charge in [-0.2, -0.15) is 0 Å². The average Bonchev–Trinajstić information content (AvgIpc) is 2.81. The minimum absolute atomic E-state index is 0. The smallest absolute Gasteiger partial charge is 0.377 e. The Morgan fingerprint density at radius 2 is 0.879 bits per heavy atom. The zero-order chi connectivity index (χ0) is 24.1. The van der Waals surface area contributed by atoms with Crippen LogP contribution in [0.4, 0.5) is 0 Å². The molecule has 0 aliphatic rings. The van der Waals surface area contributed by atoms with Crippen LogP contribution >= 0.6 is 12.4 Å². The lowest BCUT2D eigenvalue weighted by atomic mass is 9.83. The van der Waals surface area contributed by atoms with Crippen molar-refractivity contribution in [1.29, 1.82) is 0 Å². The topological polar surface area (TPSA) is 53.7 Å². The highest BCUT2D eigenvalue weighted by Gasteiger charge is 2.54. The largest absolute Gasteiger partial charge is 0.505 e. The lowest BCUT2D eigenvalue weighted by Crippen LogP contribution is -2.59. The molecule has 0 aliphatic carbocycles. The van der Waals surface area contributed by atoms with Gasteiger partial charge in [0.1, 0.15) is 0 Å². The summed E-state index contributed by atoms with van der Waals surface area (Å²) in [6.07, 6.45) is 24.3. The minimum atomic E-state index is -2.79. The molecule has 0 radical (unpaired) electrons. The van der Waals surface area contributed by atoms with E-state index in [9.17, 15) is 0 Å². The standard InChI is InChI=1S/C27H59NO3Si.ClH/c1-7-10-12-14-16-18-20-22-24-27(28,25-23-21-19-17-15-13-11-8-2)26(9-3)32(29-4,30-5)31-6;/h26H,7-25,28H2,1-6H3;1H. The Morgan fingerprint density at radius 1 is 0.576 bits per heavy atom. The van der Waals surface area contributed by atoms with Gasteiger partial charge in [0.2, 0.25) is 0 Å². The van der Waals surface area contributed by atoms with Crippen LogP contribution in [0.2, 0.25) is 5.54 Å². The molecule has 0 saturated heterocycles. The van der Waals surface area contributed by atoms with E-state index < -0.39 is 8.80 Å². The summed E-state index contributed by atoms with van der Waals surface area (Å²) in [6, 6.07) is 0. The maximum Gasteiger partial charge on any atom is 0.505 e. The van der Waals surface area contributed by atoms with Crippen molar-refractivity contribution in [3.8, 4) is 0 Å². The van der Waals surface area contributed by atoms with Gasteiger partial charge in [-0.1, -0.05) is 124 Å². The summed E-state index contributed by atoms with van der Waals surface area (Å²) in [5.41, 5.74) is 7.09. The Morgan fingerprint density at radius 3 is 1.15 bits per heavy atom. The predicted octanol–water partition coefficient (Wildman–Crippen LogP) is 8.83. The van der Waals surface area contributed by atoms with E-state index in [0.717, 1.165) is 19.3 Å². The Labute approximate surface area is 215 Å². The van der Waals surface area contributed by atoms with Crippen LogP contribution in [-0.2, 0) is 13.3 Å². The molecule has 1 unspecified atom stereocenters. The van der Waals surface area contributed by atoms with Gasteiger partial charge in [-0.05, 0) is 19.3 Å². The molecule has 0 aromatic rings. The highest BCUT2D eigenvalue weighted by atomic mass is 35.5. The summed E-state index contributed by atoms with van der Waals surface area (Å²) >= 11 is 0. The lowest BCUT2D eigenvalue weighted by molar-refractivity contribution is 0.0909. The highest BCUT2D eigenvalue weighted by molar-refractivity contribution is 6.62. The van der Waals surface area contributed by atoms with Gasteiger partial charge >= 0.3 is 8.80 Å². The number of hydrogen-bond donors (Lipinski definition) is 1. The zero-order valence-electron chi connectivity index (χ0n) is 23.2. The van der Waals surface area contributed by atoms with E-state index in [0.29, 0.717) is 0 Å². The minimum Gasteiger partial charge on any atom is -0.377 e. The normalized spacial score (nSPS) is 13.2. The van der Waals surface area contributed by atoms with Crippen molar-refractivity contribution in [2.24, 2.45) is 5.73 Å². The molecule has 1 atom stereocenters. The fourth-order valence-electron chi connectivity index (χ4n) is 5.33. The van der Waals surface area contributed by atoms with Gasteiger partial charge in [0, 0.05) is 32.4 Å². The molecule has 0 aromatic heterocycles. The van der Waals surface area contributed by atoms with E-state index >= 15 is 0 Å². The molecule has 0 rings (SSSR count). The third-order valence-corrected chi connectivity index (χ3v) is 10.9. The average molecular weight is 510 g/mol. The second-order valence-electron chi connectivity index (χ2n) is 9.86. The van der Waals surface area contributed by atoms with Crippen molar-refractivity contribution < 1.29 is 13.3 Å². The molecule has 33 heavy (non-hydrogen) atoms. The van der Waals surface area contributed by atoms with Gasteiger partial charge in [-0.3, -0.25) is 0 Å². The molecule has 4 nitrogen and oxygen atoms in total. The first-order valence-corrected chi connectivity index (χ1v) is 15.7. The summed E-state index contributed by atoms with van der Waals surface area (Å²) < 4.78 is 17.7. The van der Waals surface area contributed by atoms with Crippen molar-refractivity contribution in [3.63, 3.8) is 0 Å². The monoisotopic (exact) mass is 509 g/mol. The summed E-state index contributed by atoms with van der Waals surface area (Å²) in [5.74, 6) is 0. The molecule has 0 saturated carbocycles. The molecule has 0 heterocycles. The van der Waals surface area contributed by atoms with Gasteiger partial charge in [0.15, 0.2) is 0 Å². The van der Waals surface area contributed by atoms with E-state index in [1.807, 2.05) is 0 Å². The molecule has 0 spiro atoms. The van der Waals surface area contributed by atoms with Gasteiger partial charge in [0.05, 0.1) is 0 Å². The summed E-state index contributed by atoms with van der Waals surface area (Å²) in [7, 11) is 2.41. The van der Waals surface area contributed by atoms with Crippen molar-refractivity contribution in [3.05, 3.63) is 0 Å². The Hall–Kier alpha value is 0.347. The third-order valence-electron chi connectivity index (χ3n) is 7.37. The van der Waals surface area contributed by atoms with E-state index in [4.69, 9.17) is 19.0 Å². The quantitative estimate of drug-likeness (QED) is 0.104. The molecule has 0 amide bonds. The fourth-order valence-corrected chi connectivity index (χ4v) is 8.18. The Kier molecular flexibility index (Phi) is 24.5. The maximum absolute atomic E-state index is 7.22. The van der Waals surface area contributed by atoms with E-state index in [-0.39, 0.29) is 23.5 Å². The van der Waals surface area contributed by atoms with Crippen LogP contribution < -0.4 is 5.73 Å². The van der Waals surface area contributed by atoms with E-state index in [2.05, 4.69) is 20.8 Å². The molecule has 0 aliphatic heterocycles. The number of nitrogens with two attached hydrogens (primary N) is 1. The lowest BCUT2D eigenvalue weighted by Gasteiger charge is -2.44. The van der Waals surface area contributed by atoms with Crippen LogP contribution in [-0.4, -0.2) is 35.7 Å². The number of halogens is 1. The highest BCUT2D eigenvalue weighted by Crippen LogP contribution is 2.42. The maximum atomic E-state index is 7.22. The zero-order valence-corrected chi connectivity index (χ0v) is 25.0. The Balaban J connectivity index is 0. The summed E-state index contributed by atoms with van der Waals surface area (Å²) in [5, 5.41) is 0.